The zero-order valence-corrected chi connectivity index (χ0v) is 5.68. The highest BCUT2D eigenvalue weighted by Gasteiger charge is 2.06. The molecule has 0 aliphatic carbocycles. The van der Waals surface area contributed by atoms with Gasteiger partial charge in [-0.25, -0.2) is 4.39 Å². The number of halogens is 1. The Morgan fingerprint density at radius 1 is 1.67 bits per heavy atom. The lowest BCUT2D eigenvalue weighted by atomic mass is 10.3. The van der Waals surface area contributed by atoms with Crippen LogP contribution in [0, 0.1) is 0 Å². The van der Waals surface area contributed by atoms with E-state index in [0.717, 1.165) is 13.1 Å². The van der Waals surface area contributed by atoms with Gasteiger partial charge in [0.05, 0.1) is 0 Å². The van der Waals surface area contributed by atoms with E-state index in [0.29, 0.717) is 6.42 Å². The largest absolute Gasteiger partial charge is 0.303 e. The van der Waals surface area contributed by atoms with Gasteiger partial charge in [0, 0.05) is 13.1 Å². The Morgan fingerprint density at radius 3 is 3.22 bits per heavy atom. The standard InChI is InChI=1S/C7H12FN/c1-9-5-2-3-7(8)4-6-9/h2-3,7H,4-6H2,1H3. The van der Waals surface area contributed by atoms with Gasteiger partial charge < -0.3 is 4.90 Å². The molecule has 1 nitrogen and oxygen atoms in total. The minimum Gasteiger partial charge on any atom is -0.303 e. The third kappa shape index (κ3) is 2.14. The number of hydrogen-bond donors (Lipinski definition) is 0. The summed E-state index contributed by atoms with van der Waals surface area (Å²) in [6.07, 6.45) is 3.46. The SMILES string of the molecule is CN1CC=CC(F)CC1. The van der Waals surface area contributed by atoms with E-state index >= 15 is 0 Å². The quantitative estimate of drug-likeness (QED) is 0.444. The van der Waals surface area contributed by atoms with Crippen molar-refractivity contribution in [2.45, 2.75) is 12.6 Å². The average Bonchev–Trinajstić information content (AvgIpc) is 1.97. The number of nitrogens with zero attached hydrogens (tertiary/aromatic N) is 1. The van der Waals surface area contributed by atoms with Gasteiger partial charge in [0.25, 0.3) is 0 Å². The molecule has 1 heterocycles. The van der Waals surface area contributed by atoms with Crippen LogP contribution in [0.15, 0.2) is 12.2 Å². The fourth-order valence-corrected chi connectivity index (χ4v) is 0.920. The number of hydrogen-bond acceptors (Lipinski definition) is 1. The van der Waals surface area contributed by atoms with Crippen LogP contribution in [-0.2, 0) is 0 Å². The molecule has 0 aromatic rings. The summed E-state index contributed by atoms with van der Waals surface area (Å²) >= 11 is 0. The third-order valence-electron chi connectivity index (χ3n) is 1.55. The first-order valence-corrected chi connectivity index (χ1v) is 3.28. The number of allylic oxidation sites excluding steroid dienone is 1. The van der Waals surface area contributed by atoms with Crippen LogP contribution in [0.2, 0.25) is 0 Å². The van der Waals surface area contributed by atoms with Crippen molar-refractivity contribution in [1.82, 2.24) is 4.90 Å². The van der Waals surface area contributed by atoms with Gasteiger partial charge in [-0.3, -0.25) is 0 Å². The number of alkyl halides is 1. The monoisotopic (exact) mass is 129 g/mol. The van der Waals surface area contributed by atoms with Crippen LogP contribution in [0.5, 0.6) is 0 Å². The van der Waals surface area contributed by atoms with E-state index in [1.165, 1.54) is 0 Å². The maximum atomic E-state index is 12.5. The molecule has 52 valence electrons. The summed E-state index contributed by atoms with van der Waals surface area (Å²) in [5.74, 6) is 0. The van der Waals surface area contributed by atoms with Crippen molar-refractivity contribution in [2.24, 2.45) is 0 Å². The van der Waals surface area contributed by atoms with Crippen molar-refractivity contribution in [3.63, 3.8) is 0 Å². The van der Waals surface area contributed by atoms with E-state index in [9.17, 15) is 4.39 Å². The molecule has 0 N–H and O–H groups in total. The van der Waals surface area contributed by atoms with E-state index < -0.39 is 6.17 Å². The van der Waals surface area contributed by atoms with Crippen LogP contribution >= 0.6 is 0 Å². The third-order valence-corrected chi connectivity index (χ3v) is 1.55. The summed E-state index contributed by atoms with van der Waals surface area (Å²) in [6.45, 7) is 1.76. The Bertz CT molecular complexity index is 111. The highest BCUT2D eigenvalue weighted by molar-refractivity contribution is 4.93. The van der Waals surface area contributed by atoms with Crippen LogP contribution in [0.1, 0.15) is 6.42 Å². The average molecular weight is 129 g/mol. The molecule has 0 radical (unpaired) electrons. The number of likely N-dealkylation sites (N-methyl/N-ethyl adjacent to an activating group) is 1. The first kappa shape index (κ1) is 6.75. The van der Waals surface area contributed by atoms with Crippen molar-refractivity contribution in [1.29, 1.82) is 0 Å². The summed E-state index contributed by atoms with van der Waals surface area (Å²) in [6, 6.07) is 0. The summed E-state index contributed by atoms with van der Waals surface area (Å²) < 4.78 is 12.5. The molecule has 1 aliphatic heterocycles. The van der Waals surface area contributed by atoms with Crippen LogP contribution < -0.4 is 0 Å². The molecule has 0 spiro atoms. The van der Waals surface area contributed by atoms with E-state index in [1.54, 1.807) is 6.08 Å². The first-order chi connectivity index (χ1) is 4.29. The van der Waals surface area contributed by atoms with Gasteiger partial charge in [-0.05, 0) is 13.5 Å². The van der Waals surface area contributed by atoms with Crippen LogP contribution in [0.4, 0.5) is 4.39 Å². The minimum absolute atomic E-state index is 0.646. The van der Waals surface area contributed by atoms with Gasteiger partial charge in [-0.2, -0.15) is 0 Å². The minimum atomic E-state index is -0.713. The number of rotatable bonds is 0. The summed E-state index contributed by atoms with van der Waals surface area (Å²) in [5, 5.41) is 0. The molecule has 1 atom stereocenters. The van der Waals surface area contributed by atoms with Crippen LogP contribution in [0.3, 0.4) is 0 Å². The van der Waals surface area contributed by atoms with Gasteiger partial charge in [0.2, 0.25) is 0 Å². The maximum absolute atomic E-state index is 12.5. The van der Waals surface area contributed by atoms with Gasteiger partial charge in [0.15, 0.2) is 0 Å². The van der Waals surface area contributed by atoms with E-state index in [2.05, 4.69) is 4.90 Å². The molecule has 1 rings (SSSR count). The smallest absolute Gasteiger partial charge is 0.120 e. The lowest BCUT2D eigenvalue weighted by molar-refractivity contribution is 0.312. The highest BCUT2D eigenvalue weighted by Crippen LogP contribution is 2.04. The molecule has 0 saturated carbocycles. The fourth-order valence-electron chi connectivity index (χ4n) is 0.920. The molecule has 0 fully saturated rings. The van der Waals surface area contributed by atoms with Gasteiger partial charge in [-0.1, -0.05) is 12.2 Å². The van der Waals surface area contributed by atoms with Gasteiger partial charge >= 0.3 is 0 Å². The second-order valence-electron chi connectivity index (χ2n) is 2.50. The first-order valence-electron chi connectivity index (χ1n) is 3.28. The summed E-state index contributed by atoms with van der Waals surface area (Å²) in [5.41, 5.74) is 0. The van der Waals surface area contributed by atoms with Crippen molar-refractivity contribution >= 4 is 0 Å². The Hall–Kier alpha value is -0.370. The van der Waals surface area contributed by atoms with Crippen LogP contribution in [0.25, 0.3) is 0 Å². The Labute approximate surface area is 55.2 Å². The molecule has 2 heteroatoms. The molecule has 0 aromatic carbocycles. The molecular formula is C7H12FN. The normalized spacial score (nSPS) is 30.2. The molecule has 0 aromatic heterocycles. The zero-order chi connectivity index (χ0) is 6.69. The van der Waals surface area contributed by atoms with Crippen LogP contribution in [-0.4, -0.2) is 31.2 Å². The molecular weight excluding hydrogens is 117 g/mol. The van der Waals surface area contributed by atoms with Crippen molar-refractivity contribution < 1.29 is 4.39 Å². The Morgan fingerprint density at radius 2 is 2.44 bits per heavy atom. The lowest BCUT2D eigenvalue weighted by Crippen LogP contribution is -2.19. The second-order valence-corrected chi connectivity index (χ2v) is 2.50. The van der Waals surface area contributed by atoms with Gasteiger partial charge in [0.1, 0.15) is 6.17 Å². The van der Waals surface area contributed by atoms with Crippen molar-refractivity contribution in [2.75, 3.05) is 20.1 Å². The molecule has 0 saturated heterocycles. The van der Waals surface area contributed by atoms with E-state index in [4.69, 9.17) is 0 Å². The van der Waals surface area contributed by atoms with Crippen molar-refractivity contribution in [3.8, 4) is 0 Å². The second kappa shape index (κ2) is 2.97. The molecule has 0 bridgehead atoms. The molecule has 1 aliphatic rings. The maximum Gasteiger partial charge on any atom is 0.120 e. The summed E-state index contributed by atoms with van der Waals surface area (Å²) in [7, 11) is 2.00. The highest BCUT2D eigenvalue weighted by atomic mass is 19.1. The predicted molar refractivity (Wildman–Crippen MR) is 36.1 cm³/mol. The molecule has 0 amide bonds. The molecule has 1 unspecified atom stereocenters. The van der Waals surface area contributed by atoms with E-state index in [1.807, 2.05) is 13.1 Å². The zero-order valence-electron chi connectivity index (χ0n) is 5.68. The predicted octanol–water partition coefficient (Wildman–Crippen LogP) is 1.22. The summed E-state index contributed by atoms with van der Waals surface area (Å²) in [4.78, 5) is 2.11. The Balaban J connectivity index is 2.39. The Kier molecular flexibility index (Phi) is 2.22. The lowest BCUT2D eigenvalue weighted by Gasteiger charge is -2.10. The van der Waals surface area contributed by atoms with E-state index in [-0.39, 0.29) is 0 Å². The molecule has 9 heavy (non-hydrogen) atoms. The fraction of sp³-hybridized carbons (Fsp3) is 0.714. The topological polar surface area (TPSA) is 3.24 Å². The van der Waals surface area contributed by atoms with Crippen molar-refractivity contribution in [3.05, 3.63) is 12.2 Å². The van der Waals surface area contributed by atoms with Gasteiger partial charge in [-0.15, -0.1) is 0 Å².